The molecule has 80 valence electrons. The van der Waals surface area contributed by atoms with Crippen molar-refractivity contribution in [3.8, 4) is 11.5 Å². The fourth-order valence-electron chi connectivity index (χ4n) is 1.00. The maximum absolute atomic E-state index is 10.8. The van der Waals surface area contributed by atoms with Crippen LogP contribution in [0, 0.1) is 6.92 Å². The van der Waals surface area contributed by atoms with Gasteiger partial charge in [-0.2, -0.15) is 0 Å². The molecule has 0 saturated heterocycles. The first-order valence-corrected chi connectivity index (χ1v) is 4.78. The molecule has 2 rings (SSSR count). The Morgan fingerprint density at radius 2 is 2.00 bits per heavy atom. The fourth-order valence-corrected chi connectivity index (χ4v) is 1.00. The van der Waals surface area contributed by atoms with Crippen LogP contribution in [0.1, 0.15) is 19.7 Å². The third kappa shape index (κ3) is 2.80. The third-order valence-electron chi connectivity index (χ3n) is 1.56. The first kappa shape index (κ1) is 11.2. The van der Waals surface area contributed by atoms with Gasteiger partial charge in [-0.1, -0.05) is 19.9 Å². The van der Waals surface area contributed by atoms with Crippen LogP contribution >= 0.6 is 0 Å². The normalized spacial score (nSPS) is 9.27. The van der Waals surface area contributed by atoms with Crippen molar-refractivity contribution >= 4 is 0 Å². The minimum Gasteiger partial charge on any atom is -0.449 e. The van der Waals surface area contributed by atoms with Crippen molar-refractivity contribution in [3.63, 3.8) is 0 Å². The van der Waals surface area contributed by atoms with E-state index in [1.807, 2.05) is 13.8 Å². The van der Waals surface area contributed by atoms with E-state index in [-0.39, 0.29) is 0 Å². The van der Waals surface area contributed by atoms with Crippen LogP contribution in [0.4, 0.5) is 0 Å². The zero-order chi connectivity index (χ0) is 11.3. The van der Waals surface area contributed by atoms with E-state index in [2.05, 4.69) is 4.98 Å². The molecule has 0 fully saturated rings. The molecule has 0 aromatic carbocycles. The molecule has 0 saturated carbocycles. The standard InChI is InChI=1S/C9H7NO3.C2H6/c1-6-10-7(5-12-6)8-3-2-4-9(11)13-8;1-2/h2-5H,1H3;1-2H3. The molecule has 2 heterocycles. The van der Waals surface area contributed by atoms with Crippen molar-refractivity contribution < 1.29 is 8.83 Å². The summed E-state index contributed by atoms with van der Waals surface area (Å²) in [6.45, 7) is 5.73. The highest BCUT2D eigenvalue weighted by atomic mass is 16.4. The van der Waals surface area contributed by atoms with Crippen LogP contribution in [-0.4, -0.2) is 4.98 Å². The number of rotatable bonds is 1. The Bertz CT molecular complexity index is 470. The minimum absolute atomic E-state index is 0.391. The Balaban J connectivity index is 0.000000531. The molecule has 2 aromatic rings. The Labute approximate surface area is 87.6 Å². The van der Waals surface area contributed by atoms with Crippen molar-refractivity contribution in [3.05, 3.63) is 40.8 Å². The monoisotopic (exact) mass is 207 g/mol. The summed E-state index contributed by atoms with van der Waals surface area (Å²) in [5.41, 5.74) is 0.147. The zero-order valence-electron chi connectivity index (χ0n) is 8.98. The molecule has 0 atom stereocenters. The Hall–Kier alpha value is -1.84. The number of aromatic nitrogens is 1. The smallest absolute Gasteiger partial charge is 0.336 e. The number of aryl methyl sites for hydroxylation is 1. The summed E-state index contributed by atoms with van der Waals surface area (Å²) in [7, 11) is 0. The average Bonchev–Trinajstić information content (AvgIpc) is 2.68. The van der Waals surface area contributed by atoms with E-state index in [1.165, 1.54) is 12.3 Å². The van der Waals surface area contributed by atoms with Crippen molar-refractivity contribution in [2.24, 2.45) is 0 Å². The van der Waals surface area contributed by atoms with Crippen molar-refractivity contribution in [1.29, 1.82) is 0 Å². The second kappa shape index (κ2) is 5.14. The molecule has 0 aliphatic rings. The van der Waals surface area contributed by atoms with Gasteiger partial charge in [0, 0.05) is 13.0 Å². The Kier molecular flexibility index (Phi) is 3.85. The maximum atomic E-state index is 10.8. The number of hydrogen-bond donors (Lipinski definition) is 0. The molecular weight excluding hydrogens is 194 g/mol. The fraction of sp³-hybridized carbons (Fsp3) is 0.273. The zero-order valence-corrected chi connectivity index (χ0v) is 8.98. The second-order valence-corrected chi connectivity index (χ2v) is 2.56. The number of oxazole rings is 1. The van der Waals surface area contributed by atoms with Crippen LogP contribution in [-0.2, 0) is 0 Å². The highest BCUT2D eigenvalue weighted by molar-refractivity contribution is 5.49. The lowest BCUT2D eigenvalue weighted by atomic mass is 10.3. The topological polar surface area (TPSA) is 56.2 Å². The van der Waals surface area contributed by atoms with E-state index in [0.29, 0.717) is 17.3 Å². The van der Waals surface area contributed by atoms with E-state index in [1.54, 1.807) is 19.1 Å². The molecule has 4 nitrogen and oxygen atoms in total. The van der Waals surface area contributed by atoms with Crippen LogP contribution in [0.3, 0.4) is 0 Å². The van der Waals surface area contributed by atoms with Gasteiger partial charge in [-0.15, -0.1) is 0 Å². The highest BCUT2D eigenvalue weighted by Gasteiger charge is 2.04. The second-order valence-electron chi connectivity index (χ2n) is 2.56. The lowest BCUT2D eigenvalue weighted by Gasteiger charge is -1.90. The molecule has 0 radical (unpaired) electrons. The van der Waals surface area contributed by atoms with Gasteiger partial charge in [-0.3, -0.25) is 0 Å². The van der Waals surface area contributed by atoms with Gasteiger partial charge in [-0.05, 0) is 6.07 Å². The first-order chi connectivity index (χ1) is 7.25. The summed E-state index contributed by atoms with van der Waals surface area (Å²) in [4.78, 5) is 14.9. The van der Waals surface area contributed by atoms with Gasteiger partial charge in [0.1, 0.15) is 12.0 Å². The molecule has 4 heteroatoms. The summed E-state index contributed by atoms with van der Waals surface area (Å²) >= 11 is 0. The van der Waals surface area contributed by atoms with Crippen LogP contribution in [0.15, 0.2) is 38.1 Å². The van der Waals surface area contributed by atoms with Crippen molar-refractivity contribution in [2.75, 3.05) is 0 Å². The summed E-state index contributed by atoms with van der Waals surface area (Å²) in [5, 5.41) is 0. The lowest BCUT2D eigenvalue weighted by Crippen LogP contribution is -1.95. The molecule has 0 unspecified atom stereocenters. The van der Waals surface area contributed by atoms with E-state index >= 15 is 0 Å². The average molecular weight is 207 g/mol. The van der Waals surface area contributed by atoms with Gasteiger partial charge in [0.25, 0.3) is 0 Å². The quantitative estimate of drug-likeness (QED) is 0.721. The first-order valence-electron chi connectivity index (χ1n) is 4.78. The van der Waals surface area contributed by atoms with Gasteiger partial charge in [0.15, 0.2) is 11.7 Å². The predicted molar refractivity (Wildman–Crippen MR) is 56.6 cm³/mol. The van der Waals surface area contributed by atoms with Gasteiger partial charge >= 0.3 is 5.63 Å². The van der Waals surface area contributed by atoms with Crippen LogP contribution in [0.2, 0.25) is 0 Å². The van der Waals surface area contributed by atoms with E-state index in [0.717, 1.165) is 0 Å². The molecule has 0 amide bonds. The predicted octanol–water partition coefficient (Wildman–Crippen LogP) is 2.63. The van der Waals surface area contributed by atoms with Gasteiger partial charge in [0.2, 0.25) is 0 Å². The van der Waals surface area contributed by atoms with Crippen molar-refractivity contribution in [1.82, 2.24) is 4.98 Å². The van der Waals surface area contributed by atoms with Crippen molar-refractivity contribution in [2.45, 2.75) is 20.8 Å². The highest BCUT2D eigenvalue weighted by Crippen LogP contribution is 2.15. The van der Waals surface area contributed by atoms with Crippen LogP contribution < -0.4 is 5.63 Å². The van der Waals surface area contributed by atoms with E-state index in [9.17, 15) is 4.79 Å². The lowest BCUT2D eigenvalue weighted by molar-refractivity contribution is 0.516. The minimum atomic E-state index is -0.391. The van der Waals surface area contributed by atoms with E-state index in [4.69, 9.17) is 8.83 Å². The molecule has 15 heavy (non-hydrogen) atoms. The Morgan fingerprint density at radius 3 is 2.53 bits per heavy atom. The maximum Gasteiger partial charge on any atom is 0.336 e. The molecular formula is C11H13NO3. The Morgan fingerprint density at radius 1 is 1.27 bits per heavy atom. The number of nitrogens with zero attached hydrogens (tertiary/aromatic N) is 1. The SMILES string of the molecule is CC.Cc1nc(-c2cccc(=O)o2)co1. The summed E-state index contributed by atoms with van der Waals surface area (Å²) < 4.78 is 9.88. The molecule has 0 bridgehead atoms. The van der Waals surface area contributed by atoms with Crippen LogP contribution in [0.25, 0.3) is 11.5 Å². The molecule has 0 aliphatic heterocycles. The molecule has 0 aliphatic carbocycles. The summed E-state index contributed by atoms with van der Waals surface area (Å²) in [5.74, 6) is 0.964. The largest absolute Gasteiger partial charge is 0.449 e. The van der Waals surface area contributed by atoms with Gasteiger partial charge in [-0.25, -0.2) is 9.78 Å². The molecule has 0 N–H and O–H groups in total. The van der Waals surface area contributed by atoms with Crippen LogP contribution in [0.5, 0.6) is 0 Å². The molecule has 0 spiro atoms. The number of hydrogen-bond acceptors (Lipinski definition) is 4. The summed E-state index contributed by atoms with van der Waals surface area (Å²) in [6, 6.07) is 4.63. The third-order valence-corrected chi connectivity index (χ3v) is 1.56. The molecule has 2 aromatic heterocycles. The van der Waals surface area contributed by atoms with E-state index < -0.39 is 5.63 Å². The van der Waals surface area contributed by atoms with Gasteiger partial charge in [0.05, 0.1) is 0 Å². The van der Waals surface area contributed by atoms with Gasteiger partial charge < -0.3 is 8.83 Å². The summed E-state index contributed by atoms with van der Waals surface area (Å²) in [6.07, 6.45) is 1.45.